The van der Waals surface area contributed by atoms with Crippen LogP contribution in [0.5, 0.6) is 5.75 Å². The molecular weight excluding hydrogens is 348 g/mol. The molecule has 2 aromatic carbocycles. The summed E-state index contributed by atoms with van der Waals surface area (Å²) in [5, 5.41) is 11.1. The second kappa shape index (κ2) is 8.76. The van der Waals surface area contributed by atoms with Crippen molar-refractivity contribution in [2.45, 2.75) is 20.0 Å². The summed E-state index contributed by atoms with van der Waals surface area (Å²) in [7, 11) is 0. The minimum Gasteiger partial charge on any atom is -0.490 e. The predicted octanol–water partition coefficient (Wildman–Crippen LogP) is 3.52. The molecule has 26 heavy (non-hydrogen) atoms. The monoisotopic (exact) mass is 374 g/mol. The summed E-state index contributed by atoms with van der Waals surface area (Å²) in [5.41, 5.74) is 3.37. The molecule has 1 heterocycles. The Labute approximate surface area is 160 Å². The van der Waals surface area contributed by atoms with E-state index in [0.717, 1.165) is 53.8 Å². The molecule has 0 spiro atoms. The van der Waals surface area contributed by atoms with Gasteiger partial charge < -0.3 is 14.7 Å². The lowest BCUT2D eigenvalue weighted by atomic mass is 10.1. The van der Waals surface area contributed by atoms with Gasteiger partial charge in [-0.05, 0) is 43.2 Å². The van der Waals surface area contributed by atoms with Gasteiger partial charge in [-0.25, -0.2) is 0 Å². The van der Waals surface area contributed by atoms with E-state index >= 15 is 0 Å². The van der Waals surface area contributed by atoms with Crippen molar-refractivity contribution >= 4 is 17.3 Å². The van der Waals surface area contributed by atoms with Crippen LogP contribution < -0.4 is 9.64 Å². The van der Waals surface area contributed by atoms with E-state index in [2.05, 4.69) is 15.9 Å². The number of aryl methyl sites for hydroxylation is 2. The molecule has 140 valence electrons. The van der Waals surface area contributed by atoms with Crippen molar-refractivity contribution in [3.8, 4) is 5.75 Å². The van der Waals surface area contributed by atoms with Crippen LogP contribution in [-0.4, -0.2) is 55.4 Å². The summed E-state index contributed by atoms with van der Waals surface area (Å²) < 4.78 is 5.87. The number of hydrogen-bond donors (Lipinski definition) is 1. The number of hydrogen-bond acceptors (Lipinski definition) is 4. The topological polar surface area (TPSA) is 35.9 Å². The fourth-order valence-corrected chi connectivity index (χ4v) is 3.60. The number of halogens is 1. The summed E-state index contributed by atoms with van der Waals surface area (Å²) >= 11 is 6.09. The van der Waals surface area contributed by atoms with Gasteiger partial charge in [0, 0.05) is 43.4 Å². The van der Waals surface area contributed by atoms with Gasteiger partial charge in [-0.1, -0.05) is 35.9 Å². The molecule has 3 rings (SSSR count). The second-order valence-electron chi connectivity index (χ2n) is 6.95. The summed E-state index contributed by atoms with van der Waals surface area (Å²) in [5.74, 6) is 0.886. The van der Waals surface area contributed by atoms with E-state index in [-0.39, 0.29) is 0 Å². The van der Waals surface area contributed by atoms with Gasteiger partial charge in [0.15, 0.2) is 0 Å². The van der Waals surface area contributed by atoms with E-state index in [0.29, 0.717) is 13.2 Å². The molecule has 1 aliphatic rings. The van der Waals surface area contributed by atoms with Crippen LogP contribution in [0.2, 0.25) is 5.02 Å². The Morgan fingerprint density at radius 1 is 1.04 bits per heavy atom. The maximum absolute atomic E-state index is 10.4. The summed E-state index contributed by atoms with van der Waals surface area (Å²) in [6.07, 6.45) is -0.494. The lowest BCUT2D eigenvalue weighted by Gasteiger charge is -2.37. The predicted molar refractivity (Wildman–Crippen MR) is 108 cm³/mol. The van der Waals surface area contributed by atoms with Gasteiger partial charge in [-0.3, -0.25) is 4.90 Å². The summed E-state index contributed by atoms with van der Waals surface area (Å²) in [6, 6.07) is 14.1. The number of nitrogens with zero attached hydrogens (tertiary/aromatic N) is 2. The van der Waals surface area contributed by atoms with Gasteiger partial charge in [-0.2, -0.15) is 0 Å². The van der Waals surface area contributed by atoms with Gasteiger partial charge in [0.1, 0.15) is 18.5 Å². The third-order valence-corrected chi connectivity index (χ3v) is 5.08. The van der Waals surface area contributed by atoms with Gasteiger partial charge in [0.25, 0.3) is 0 Å². The normalized spacial score (nSPS) is 16.5. The second-order valence-corrected chi connectivity index (χ2v) is 7.39. The van der Waals surface area contributed by atoms with Gasteiger partial charge in [0.2, 0.25) is 0 Å². The molecule has 1 atom stereocenters. The number of aliphatic hydroxyl groups excluding tert-OH is 1. The van der Waals surface area contributed by atoms with Crippen LogP contribution in [0.4, 0.5) is 5.69 Å². The maximum atomic E-state index is 10.4. The molecule has 2 aromatic rings. The molecule has 0 radical (unpaired) electrons. The SMILES string of the molecule is Cc1cccc(C)c1OC[C@H](O)CN1CCN(c2cccc(Cl)c2)CC1. The number of aliphatic hydroxyl groups is 1. The molecule has 1 fully saturated rings. The lowest BCUT2D eigenvalue weighted by Crippen LogP contribution is -2.49. The van der Waals surface area contributed by atoms with Crippen LogP contribution in [-0.2, 0) is 0 Å². The molecule has 0 bridgehead atoms. The standard InChI is InChI=1S/C21H27ClN2O2/c1-16-5-3-6-17(2)21(16)26-15-20(25)14-23-9-11-24(12-10-23)19-8-4-7-18(22)13-19/h3-8,13,20,25H,9-12,14-15H2,1-2H3/t20-/m1/s1. The largest absolute Gasteiger partial charge is 0.490 e. The highest BCUT2D eigenvalue weighted by Crippen LogP contribution is 2.23. The number of anilines is 1. The highest BCUT2D eigenvalue weighted by Gasteiger charge is 2.20. The van der Waals surface area contributed by atoms with Crippen LogP contribution in [0.15, 0.2) is 42.5 Å². The van der Waals surface area contributed by atoms with Gasteiger partial charge >= 0.3 is 0 Å². The first-order chi connectivity index (χ1) is 12.5. The van der Waals surface area contributed by atoms with Gasteiger partial charge in [-0.15, -0.1) is 0 Å². The molecule has 0 unspecified atom stereocenters. The van der Waals surface area contributed by atoms with Crippen molar-refractivity contribution in [2.24, 2.45) is 0 Å². The van der Waals surface area contributed by atoms with Crippen LogP contribution in [0.3, 0.4) is 0 Å². The zero-order valence-corrected chi connectivity index (χ0v) is 16.2. The van der Waals surface area contributed by atoms with E-state index in [9.17, 15) is 5.11 Å². The number of rotatable bonds is 6. The minimum absolute atomic E-state index is 0.320. The van der Waals surface area contributed by atoms with E-state index in [1.54, 1.807) is 0 Å². The number of para-hydroxylation sites is 1. The third-order valence-electron chi connectivity index (χ3n) is 4.84. The first kappa shape index (κ1) is 19.0. The zero-order valence-electron chi connectivity index (χ0n) is 15.5. The summed E-state index contributed by atoms with van der Waals surface area (Å²) in [4.78, 5) is 4.63. The van der Waals surface area contributed by atoms with Crippen molar-refractivity contribution in [2.75, 3.05) is 44.2 Å². The van der Waals surface area contributed by atoms with Crippen LogP contribution >= 0.6 is 11.6 Å². The fourth-order valence-electron chi connectivity index (χ4n) is 3.42. The molecule has 1 N–H and O–H groups in total. The Balaban J connectivity index is 1.45. The van der Waals surface area contributed by atoms with E-state index < -0.39 is 6.10 Å². The number of ether oxygens (including phenoxy) is 1. The molecule has 5 heteroatoms. The molecule has 1 saturated heterocycles. The molecule has 0 aliphatic carbocycles. The van der Waals surface area contributed by atoms with Crippen molar-refractivity contribution in [3.05, 3.63) is 58.6 Å². The molecule has 4 nitrogen and oxygen atoms in total. The quantitative estimate of drug-likeness (QED) is 0.839. The first-order valence-corrected chi connectivity index (χ1v) is 9.50. The average molecular weight is 375 g/mol. The fraction of sp³-hybridized carbons (Fsp3) is 0.429. The number of β-amino-alcohol motifs (C(OH)–C–C–N with tert-alkyl or cyclic N) is 1. The molecular formula is C21H27ClN2O2. The van der Waals surface area contributed by atoms with Crippen LogP contribution in [0.1, 0.15) is 11.1 Å². The lowest BCUT2D eigenvalue weighted by molar-refractivity contribution is 0.0658. The van der Waals surface area contributed by atoms with Crippen molar-refractivity contribution in [3.63, 3.8) is 0 Å². The Morgan fingerprint density at radius 3 is 2.35 bits per heavy atom. The molecule has 0 saturated carbocycles. The number of piperazine rings is 1. The molecule has 0 amide bonds. The van der Waals surface area contributed by atoms with E-state index in [1.807, 2.05) is 50.2 Å². The summed E-state index contributed by atoms with van der Waals surface area (Å²) in [6.45, 7) is 8.73. The van der Waals surface area contributed by atoms with Crippen LogP contribution in [0, 0.1) is 13.8 Å². The van der Waals surface area contributed by atoms with Gasteiger partial charge in [0.05, 0.1) is 0 Å². The first-order valence-electron chi connectivity index (χ1n) is 9.13. The molecule has 0 aromatic heterocycles. The Hall–Kier alpha value is -1.75. The minimum atomic E-state index is -0.494. The molecule has 1 aliphatic heterocycles. The third kappa shape index (κ3) is 4.91. The Kier molecular flexibility index (Phi) is 6.41. The maximum Gasteiger partial charge on any atom is 0.125 e. The number of benzene rings is 2. The van der Waals surface area contributed by atoms with Crippen molar-refractivity contribution in [1.82, 2.24) is 4.90 Å². The Bertz CT molecular complexity index is 709. The Morgan fingerprint density at radius 2 is 1.69 bits per heavy atom. The van der Waals surface area contributed by atoms with Crippen molar-refractivity contribution in [1.29, 1.82) is 0 Å². The van der Waals surface area contributed by atoms with Crippen molar-refractivity contribution < 1.29 is 9.84 Å². The average Bonchev–Trinajstić information content (AvgIpc) is 2.62. The highest BCUT2D eigenvalue weighted by molar-refractivity contribution is 6.30. The zero-order chi connectivity index (χ0) is 18.5. The van der Waals surface area contributed by atoms with E-state index in [1.165, 1.54) is 0 Å². The smallest absolute Gasteiger partial charge is 0.125 e. The highest BCUT2D eigenvalue weighted by atomic mass is 35.5. The van der Waals surface area contributed by atoms with E-state index in [4.69, 9.17) is 16.3 Å². The van der Waals surface area contributed by atoms with Crippen LogP contribution in [0.25, 0.3) is 0 Å².